The number of hydrogen-bond acceptors (Lipinski definition) is 2. The largest absolute Gasteiger partial charge is 0.343 e. The van der Waals surface area contributed by atoms with E-state index in [9.17, 15) is 4.57 Å². The number of nitrogens with zero attached hydrogens (tertiary/aromatic N) is 1. The van der Waals surface area contributed by atoms with Crippen LogP contribution in [0.2, 0.25) is 0 Å². The van der Waals surface area contributed by atoms with Crippen LogP contribution < -0.4 is 10.6 Å². The van der Waals surface area contributed by atoms with Crippen molar-refractivity contribution in [2.75, 3.05) is 6.61 Å². The van der Waals surface area contributed by atoms with Crippen LogP contribution in [0.4, 0.5) is 0 Å². The fraction of sp³-hybridized carbons (Fsp3) is 0.130. The van der Waals surface area contributed by atoms with E-state index in [0.717, 1.165) is 32.8 Å². The van der Waals surface area contributed by atoms with E-state index in [2.05, 4.69) is 22.8 Å². The molecule has 0 saturated carbocycles. The number of hydrogen-bond donors (Lipinski definition) is 0. The molecule has 0 amide bonds. The van der Waals surface area contributed by atoms with Gasteiger partial charge in [0.1, 0.15) is 0 Å². The van der Waals surface area contributed by atoms with Crippen LogP contribution in [0, 0.1) is 0 Å². The van der Waals surface area contributed by atoms with Crippen molar-refractivity contribution in [3.8, 4) is 11.3 Å². The first kappa shape index (κ1) is 17.8. The number of aromatic nitrogens is 1. The highest BCUT2D eigenvalue weighted by Crippen LogP contribution is 2.49. The first-order valence-electron chi connectivity index (χ1n) is 9.10. The Morgan fingerprint density at radius 2 is 1.44 bits per heavy atom. The lowest BCUT2D eigenvalue weighted by Gasteiger charge is -2.20. The Kier molecular flexibility index (Phi) is 4.73. The summed E-state index contributed by atoms with van der Waals surface area (Å²) in [6.07, 6.45) is 0. The molecule has 3 aromatic carbocycles. The molecular formula is C23H22NO2P. The SMILES string of the molecule is CCOP(=O)(c1ccccc1)c1c(-c2ccccc2)n(C)c2ccccc12. The molecule has 4 aromatic rings. The summed E-state index contributed by atoms with van der Waals surface area (Å²) in [7, 11) is -1.25. The van der Waals surface area contributed by atoms with Gasteiger partial charge < -0.3 is 9.09 Å². The van der Waals surface area contributed by atoms with Crippen LogP contribution in [-0.4, -0.2) is 11.2 Å². The van der Waals surface area contributed by atoms with Crippen molar-refractivity contribution >= 4 is 28.9 Å². The first-order valence-corrected chi connectivity index (χ1v) is 10.7. The molecule has 0 saturated heterocycles. The van der Waals surface area contributed by atoms with Gasteiger partial charge in [-0.05, 0) is 30.7 Å². The Labute approximate surface area is 159 Å². The van der Waals surface area contributed by atoms with Crippen molar-refractivity contribution in [1.82, 2.24) is 4.57 Å². The normalized spacial score (nSPS) is 13.6. The highest BCUT2D eigenvalue weighted by Gasteiger charge is 2.35. The molecule has 0 fully saturated rings. The van der Waals surface area contributed by atoms with E-state index in [1.807, 2.05) is 80.7 Å². The van der Waals surface area contributed by atoms with Gasteiger partial charge in [-0.25, -0.2) is 0 Å². The van der Waals surface area contributed by atoms with Crippen molar-refractivity contribution in [3.05, 3.63) is 84.9 Å². The second kappa shape index (κ2) is 7.19. The second-order valence-electron chi connectivity index (χ2n) is 6.44. The third-order valence-electron chi connectivity index (χ3n) is 4.83. The van der Waals surface area contributed by atoms with E-state index in [-0.39, 0.29) is 0 Å². The van der Waals surface area contributed by atoms with Gasteiger partial charge in [0, 0.05) is 23.3 Å². The summed E-state index contributed by atoms with van der Waals surface area (Å²) >= 11 is 0. The number of fused-ring (bicyclic) bond motifs is 1. The average molecular weight is 375 g/mol. The molecule has 0 aliphatic carbocycles. The molecule has 0 N–H and O–H groups in total. The summed E-state index contributed by atoms with van der Waals surface area (Å²) in [6, 6.07) is 27.7. The molecule has 4 heteroatoms. The van der Waals surface area contributed by atoms with Crippen LogP contribution in [0.5, 0.6) is 0 Å². The molecule has 0 bridgehead atoms. The zero-order valence-electron chi connectivity index (χ0n) is 15.5. The smallest absolute Gasteiger partial charge is 0.264 e. The fourth-order valence-electron chi connectivity index (χ4n) is 3.67. The summed E-state index contributed by atoms with van der Waals surface area (Å²) < 4.78 is 22.5. The molecule has 1 unspecified atom stereocenters. The third kappa shape index (κ3) is 2.93. The standard InChI is InChI=1S/C23H22NO2P/c1-3-26-27(25,19-14-8-5-9-15-19)23-20-16-10-11-17-21(20)24(2)22(23)18-12-6-4-7-13-18/h4-17H,3H2,1-2H3. The van der Waals surface area contributed by atoms with Gasteiger partial charge in [-0.1, -0.05) is 66.7 Å². The van der Waals surface area contributed by atoms with Crippen molar-refractivity contribution in [2.24, 2.45) is 7.05 Å². The average Bonchev–Trinajstić information content (AvgIpc) is 3.03. The number of benzene rings is 3. The van der Waals surface area contributed by atoms with Crippen LogP contribution in [0.1, 0.15) is 6.92 Å². The van der Waals surface area contributed by atoms with Gasteiger partial charge in [-0.3, -0.25) is 4.57 Å². The zero-order chi connectivity index (χ0) is 18.9. The van der Waals surface area contributed by atoms with Gasteiger partial charge in [0.25, 0.3) is 7.37 Å². The summed E-state index contributed by atoms with van der Waals surface area (Å²) in [5.41, 5.74) is 3.02. The highest BCUT2D eigenvalue weighted by atomic mass is 31.2. The van der Waals surface area contributed by atoms with E-state index in [1.165, 1.54) is 0 Å². The molecule has 0 aliphatic rings. The quantitative estimate of drug-likeness (QED) is 0.454. The Bertz CT molecular complexity index is 1120. The van der Waals surface area contributed by atoms with Gasteiger partial charge in [-0.2, -0.15) is 0 Å². The van der Waals surface area contributed by atoms with Crippen molar-refractivity contribution in [1.29, 1.82) is 0 Å². The summed E-state index contributed by atoms with van der Waals surface area (Å²) in [5.74, 6) is 0. The van der Waals surface area contributed by atoms with E-state index >= 15 is 0 Å². The van der Waals surface area contributed by atoms with Gasteiger partial charge in [0.2, 0.25) is 0 Å². The lowest BCUT2D eigenvalue weighted by molar-refractivity contribution is 0.348. The summed E-state index contributed by atoms with van der Waals surface area (Å²) in [4.78, 5) is 0. The van der Waals surface area contributed by atoms with Crippen molar-refractivity contribution in [2.45, 2.75) is 6.92 Å². The predicted octanol–water partition coefficient (Wildman–Crippen LogP) is 5.11. The van der Waals surface area contributed by atoms with E-state index < -0.39 is 7.37 Å². The highest BCUT2D eigenvalue weighted by molar-refractivity contribution is 7.75. The molecule has 1 atom stereocenters. The molecule has 0 aliphatic heterocycles. The first-order chi connectivity index (χ1) is 13.2. The van der Waals surface area contributed by atoms with Crippen molar-refractivity contribution < 1.29 is 9.09 Å². The van der Waals surface area contributed by atoms with Crippen LogP contribution in [0.15, 0.2) is 84.9 Å². The molecule has 4 rings (SSSR count). The maximum Gasteiger partial charge on any atom is 0.264 e. The minimum atomic E-state index is -3.27. The fourth-order valence-corrected chi connectivity index (χ4v) is 6.20. The third-order valence-corrected chi connectivity index (χ3v) is 7.47. The van der Waals surface area contributed by atoms with Gasteiger partial charge in [0.15, 0.2) is 0 Å². The van der Waals surface area contributed by atoms with Crippen LogP contribution >= 0.6 is 7.37 Å². The minimum Gasteiger partial charge on any atom is -0.343 e. The Balaban J connectivity index is 2.13. The molecule has 27 heavy (non-hydrogen) atoms. The number of aryl methyl sites for hydroxylation is 1. The van der Waals surface area contributed by atoms with Crippen molar-refractivity contribution in [3.63, 3.8) is 0 Å². The zero-order valence-corrected chi connectivity index (χ0v) is 16.4. The maximum atomic E-state index is 14.4. The minimum absolute atomic E-state index is 0.379. The van der Waals surface area contributed by atoms with Gasteiger partial charge in [-0.15, -0.1) is 0 Å². The molecular weight excluding hydrogens is 353 g/mol. The van der Waals surface area contributed by atoms with E-state index in [4.69, 9.17) is 4.52 Å². The molecule has 3 nitrogen and oxygen atoms in total. The molecule has 0 radical (unpaired) electrons. The lowest BCUT2D eigenvalue weighted by Crippen LogP contribution is -2.20. The summed E-state index contributed by atoms with van der Waals surface area (Å²) in [6.45, 7) is 2.27. The maximum absolute atomic E-state index is 14.4. The molecule has 1 heterocycles. The van der Waals surface area contributed by atoms with E-state index in [0.29, 0.717) is 6.61 Å². The van der Waals surface area contributed by atoms with Crippen LogP contribution in [0.25, 0.3) is 22.2 Å². The van der Waals surface area contributed by atoms with E-state index in [1.54, 1.807) is 0 Å². The molecule has 0 spiro atoms. The van der Waals surface area contributed by atoms with Gasteiger partial charge in [0.05, 0.1) is 17.6 Å². The Morgan fingerprint density at radius 1 is 0.852 bits per heavy atom. The second-order valence-corrected chi connectivity index (χ2v) is 8.77. The molecule has 136 valence electrons. The Hall–Kier alpha value is -2.61. The Morgan fingerprint density at radius 3 is 2.11 bits per heavy atom. The predicted molar refractivity (Wildman–Crippen MR) is 113 cm³/mol. The monoisotopic (exact) mass is 375 g/mol. The van der Waals surface area contributed by atoms with Crippen LogP contribution in [0.3, 0.4) is 0 Å². The number of rotatable bonds is 5. The number of para-hydroxylation sites is 1. The van der Waals surface area contributed by atoms with Gasteiger partial charge >= 0.3 is 0 Å². The topological polar surface area (TPSA) is 31.2 Å². The molecule has 1 aromatic heterocycles. The van der Waals surface area contributed by atoms with Crippen LogP contribution in [-0.2, 0) is 16.1 Å². The lowest BCUT2D eigenvalue weighted by atomic mass is 10.1. The summed E-state index contributed by atoms with van der Waals surface area (Å²) in [5, 5.41) is 2.47.